The van der Waals surface area contributed by atoms with E-state index in [0.29, 0.717) is 11.8 Å². The molecule has 0 aliphatic rings. The molecule has 3 aromatic carbocycles. The van der Waals surface area contributed by atoms with Gasteiger partial charge < -0.3 is 19.2 Å². The van der Waals surface area contributed by atoms with Gasteiger partial charge in [-0.15, -0.1) is 0 Å². The summed E-state index contributed by atoms with van der Waals surface area (Å²) in [7, 11) is 3.60. The summed E-state index contributed by atoms with van der Waals surface area (Å²) >= 11 is 6.09. The Labute approximate surface area is 199 Å². The maximum atomic E-state index is 6.09. The summed E-state index contributed by atoms with van der Waals surface area (Å²) < 4.78 is 16.8. The zero-order valence-corrected chi connectivity index (χ0v) is 19.9. The van der Waals surface area contributed by atoms with Gasteiger partial charge in [-0.1, -0.05) is 37.3 Å². The van der Waals surface area contributed by atoms with Crippen LogP contribution in [0.1, 0.15) is 30.0 Å². The third-order valence-corrected chi connectivity index (χ3v) is 5.82. The zero-order chi connectivity index (χ0) is 23.2. The number of benzene rings is 3. The van der Waals surface area contributed by atoms with E-state index in [1.807, 2.05) is 43.4 Å². The Kier molecular flexibility index (Phi) is 7.38. The molecule has 1 heterocycles. The first-order valence-corrected chi connectivity index (χ1v) is 11.5. The predicted octanol–water partition coefficient (Wildman–Crippen LogP) is 7.06. The maximum absolute atomic E-state index is 6.09. The van der Waals surface area contributed by atoms with Crippen LogP contribution in [0.5, 0.6) is 11.5 Å². The van der Waals surface area contributed by atoms with Crippen LogP contribution in [0.15, 0.2) is 77.2 Å². The van der Waals surface area contributed by atoms with Gasteiger partial charge in [0, 0.05) is 18.0 Å². The number of hydrogen-bond donors (Lipinski definition) is 1. The first-order valence-electron chi connectivity index (χ1n) is 11.1. The summed E-state index contributed by atoms with van der Waals surface area (Å²) in [6.07, 6.45) is 0.860. The molecule has 1 aromatic heterocycles. The minimum atomic E-state index is 0.397. The number of fused-ring (bicyclic) bond motifs is 1. The highest BCUT2D eigenvalue weighted by atomic mass is 35.5. The fraction of sp³-hybridized carbons (Fsp3) is 0.214. The Morgan fingerprint density at radius 3 is 2.12 bits per heavy atom. The van der Waals surface area contributed by atoms with Crippen LogP contribution in [0.2, 0.25) is 5.22 Å². The second-order valence-electron chi connectivity index (χ2n) is 7.72. The number of ether oxygens (including phenoxy) is 2. The largest absolute Gasteiger partial charge is 0.497 e. The van der Waals surface area contributed by atoms with Crippen LogP contribution in [0.3, 0.4) is 0 Å². The molecule has 0 aliphatic carbocycles. The minimum absolute atomic E-state index is 0.397. The van der Waals surface area contributed by atoms with Gasteiger partial charge in [0.2, 0.25) is 0 Å². The Balaban J connectivity index is 1.83. The molecule has 33 heavy (non-hydrogen) atoms. The lowest BCUT2D eigenvalue weighted by molar-refractivity contribution is 0.318. The molecule has 0 spiro atoms. The average molecular weight is 462 g/mol. The number of likely N-dealkylation sites (N-methyl/N-ethyl adjacent to an activating group) is 1. The molecule has 0 saturated carbocycles. The van der Waals surface area contributed by atoms with Gasteiger partial charge in [0.05, 0.1) is 7.11 Å². The summed E-state index contributed by atoms with van der Waals surface area (Å²) in [5.74, 6) is 1.69. The molecule has 0 fully saturated rings. The van der Waals surface area contributed by atoms with Gasteiger partial charge in [-0.3, -0.25) is 0 Å². The van der Waals surface area contributed by atoms with Crippen molar-refractivity contribution in [1.82, 2.24) is 5.32 Å². The highest BCUT2D eigenvalue weighted by molar-refractivity contribution is 6.29. The van der Waals surface area contributed by atoms with Gasteiger partial charge in [-0.05, 0) is 89.3 Å². The molecule has 4 nitrogen and oxygen atoms in total. The number of furan rings is 1. The normalized spacial score (nSPS) is 12.0. The van der Waals surface area contributed by atoms with Crippen molar-refractivity contribution in [1.29, 1.82) is 0 Å². The fourth-order valence-corrected chi connectivity index (χ4v) is 4.19. The van der Waals surface area contributed by atoms with Crippen LogP contribution in [0.4, 0.5) is 0 Å². The van der Waals surface area contributed by atoms with E-state index in [0.717, 1.165) is 52.1 Å². The Morgan fingerprint density at radius 2 is 1.52 bits per heavy atom. The smallest absolute Gasteiger partial charge is 0.194 e. The van der Waals surface area contributed by atoms with Gasteiger partial charge >= 0.3 is 0 Å². The number of hydrogen-bond acceptors (Lipinski definition) is 4. The van der Waals surface area contributed by atoms with Crippen molar-refractivity contribution >= 4 is 33.7 Å². The van der Waals surface area contributed by atoms with E-state index < -0.39 is 0 Å². The number of methoxy groups -OCH3 is 1. The predicted molar refractivity (Wildman–Crippen MR) is 136 cm³/mol. The van der Waals surface area contributed by atoms with Gasteiger partial charge in [0.25, 0.3) is 0 Å². The van der Waals surface area contributed by atoms with Gasteiger partial charge in [-0.25, -0.2) is 0 Å². The van der Waals surface area contributed by atoms with Crippen molar-refractivity contribution in [2.24, 2.45) is 0 Å². The summed E-state index contributed by atoms with van der Waals surface area (Å²) in [4.78, 5) is 0. The summed E-state index contributed by atoms with van der Waals surface area (Å²) in [5.41, 5.74) is 6.60. The Morgan fingerprint density at radius 1 is 0.879 bits per heavy atom. The van der Waals surface area contributed by atoms with E-state index in [4.69, 9.17) is 25.5 Å². The van der Waals surface area contributed by atoms with Gasteiger partial charge in [0.1, 0.15) is 23.7 Å². The zero-order valence-electron chi connectivity index (χ0n) is 19.2. The summed E-state index contributed by atoms with van der Waals surface area (Å²) in [6.45, 7) is 3.62. The van der Waals surface area contributed by atoms with Crippen LogP contribution >= 0.6 is 11.6 Å². The molecule has 4 aromatic rings. The van der Waals surface area contributed by atoms with E-state index in [1.165, 1.54) is 11.1 Å². The third-order valence-electron chi connectivity index (χ3n) is 5.63. The molecule has 170 valence electrons. The number of allylic oxidation sites excluding steroid dienone is 1. The second-order valence-corrected chi connectivity index (χ2v) is 8.09. The molecular formula is C28H28ClNO3. The molecule has 0 atom stereocenters. The van der Waals surface area contributed by atoms with E-state index in [2.05, 4.69) is 48.6 Å². The van der Waals surface area contributed by atoms with Crippen LogP contribution in [-0.2, 0) is 0 Å². The monoisotopic (exact) mass is 461 g/mol. The molecule has 1 N–H and O–H groups in total. The molecule has 5 heteroatoms. The maximum Gasteiger partial charge on any atom is 0.194 e. The first-order chi connectivity index (χ1) is 16.1. The molecule has 0 radical (unpaired) electrons. The number of rotatable bonds is 9. The van der Waals surface area contributed by atoms with Gasteiger partial charge in [-0.2, -0.15) is 0 Å². The summed E-state index contributed by atoms with van der Waals surface area (Å²) in [5, 5.41) is 4.48. The van der Waals surface area contributed by atoms with Crippen LogP contribution in [0.25, 0.3) is 22.1 Å². The highest BCUT2D eigenvalue weighted by Gasteiger charge is 2.15. The van der Waals surface area contributed by atoms with Crippen LogP contribution in [0, 0.1) is 0 Å². The quantitative estimate of drug-likeness (QED) is 0.214. The third kappa shape index (κ3) is 5.24. The minimum Gasteiger partial charge on any atom is -0.497 e. The van der Waals surface area contributed by atoms with Crippen LogP contribution < -0.4 is 14.8 Å². The van der Waals surface area contributed by atoms with Crippen molar-refractivity contribution < 1.29 is 13.9 Å². The van der Waals surface area contributed by atoms with E-state index in [1.54, 1.807) is 7.11 Å². The van der Waals surface area contributed by atoms with Gasteiger partial charge in [0.15, 0.2) is 5.22 Å². The lowest BCUT2D eigenvalue weighted by Crippen LogP contribution is -2.15. The van der Waals surface area contributed by atoms with Crippen molar-refractivity contribution in [2.75, 3.05) is 27.3 Å². The molecule has 0 unspecified atom stereocenters. The Hall–Kier alpha value is -3.21. The molecule has 0 bridgehead atoms. The molecular weight excluding hydrogens is 434 g/mol. The lowest BCUT2D eigenvalue weighted by Gasteiger charge is -2.17. The number of halogens is 1. The molecule has 0 aliphatic heterocycles. The molecule has 0 saturated heterocycles. The standard InChI is InChI=1S/C28H28ClNO3/c1-4-25(21-9-14-26-22(17-21)18-27(29)33-26)28(19-5-10-23(31-3)11-6-19)20-7-12-24(13-8-20)32-16-15-30-2/h5-14,17-18,30H,4,15-16H2,1-3H3. The average Bonchev–Trinajstić information content (AvgIpc) is 3.22. The second kappa shape index (κ2) is 10.6. The van der Waals surface area contributed by atoms with Crippen molar-refractivity contribution in [3.63, 3.8) is 0 Å². The SMILES string of the molecule is CCC(=C(c1ccc(OC)cc1)c1ccc(OCCNC)cc1)c1ccc2oc(Cl)cc2c1. The lowest BCUT2D eigenvalue weighted by atomic mass is 9.88. The van der Waals surface area contributed by atoms with E-state index >= 15 is 0 Å². The first kappa shape index (κ1) is 23.0. The van der Waals surface area contributed by atoms with E-state index in [9.17, 15) is 0 Å². The van der Waals surface area contributed by atoms with Crippen molar-refractivity contribution in [2.45, 2.75) is 13.3 Å². The van der Waals surface area contributed by atoms with Crippen molar-refractivity contribution in [3.05, 3.63) is 94.7 Å². The van der Waals surface area contributed by atoms with Crippen molar-refractivity contribution in [3.8, 4) is 11.5 Å². The number of nitrogens with one attached hydrogen (secondary N) is 1. The Bertz CT molecular complexity index is 1240. The highest BCUT2D eigenvalue weighted by Crippen LogP contribution is 2.37. The summed E-state index contributed by atoms with van der Waals surface area (Å²) in [6, 6.07) is 24.6. The molecule has 4 rings (SSSR count). The van der Waals surface area contributed by atoms with E-state index in [-0.39, 0.29) is 0 Å². The molecule has 0 amide bonds. The fourth-order valence-electron chi connectivity index (χ4n) is 3.99. The topological polar surface area (TPSA) is 43.6 Å². The van der Waals surface area contributed by atoms with Crippen LogP contribution in [-0.4, -0.2) is 27.3 Å².